The largest absolute Gasteiger partial charge is 0.329 e. The molecule has 2 nitrogen and oxygen atoms in total. The van der Waals surface area contributed by atoms with Gasteiger partial charge in [-0.1, -0.05) is 0 Å². The van der Waals surface area contributed by atoms with Crippen molar-refractivity contribution >= 4 is 16.9 Å². The van der Waals surface area contributed by atoms with Crippen molar-refractivity contribution in [2.24, 2.45) is 0 Å². The summed E-state index contributed by atoms with van der Waals surface area (Å²) in [7, 11) is -1.58. The smallest absolute Gasteiger partial charge is 0.0737 e. The van der Waals surface area contributed by atoms with Crippen LogP contribution in [0.2, 0.25) is 0 Å². The van der Waals surface area contributed by atoms with Crippen LogP contribution in [0.1, 0.15) is 6.92 Å². The third kappa shape index (κ3) is 2.68. The normalized spacial score (nSPS) is 18.2. The molecule has 0 saturated heterocycles. The lowest BCUT2D eigenvalue weighted by atomic mass is 11.0. The van der Waals surface area contributed by atoms with Gasteiger partial charge in [0.15, 0.2) is 0 Å². The minimum Gasteiger partial charge on any atom is -0.329 e. The summed E-state index contributed by atoms with van der Waals surface area (Å²) in [6, 6.07) is 0. The molecule has 0 aliphatic carbocycles. The second-order valence-electron chi connectivity index (χ2n) is 1.13. The van der Waals surface area contributed by atoms with Crippen LogP contribution in [0.5, 0.6) is 0 Å². The van der Waals surface area contributed by atoms with Gasteiger partial charge in [-0.2, -0.15) is 0 Å². The number of hydrogen-bond donors (Lipinski definition) is 0. The van der Waals surface area contributed by atoms with Crippen LogP contribution in [0.4, 0.5) is 0 Å². The first-order valence-electron chi connectivity index (χ1n) is 1.72. The molecular formula is C2H8O2P2. The Morgan fingerprint density at radius 2 is 1.67 bits per heavy atom. The molecule has 0 aromatic rings. The Hall–Kier alpha value is 0.460. The fraction of sp³-hybridized carbons (Fsp3) is 1.00. The molecule has 0 amide bonds. The fourth-order valence-corrected chi connectivity index (χ4v) is 0.289. The third-order valence-corrected chi connectivity index (χ3v) is 2.23. The zero-order valence-electron chi connectivity index (χ0n) is 3.55. The van der Waals surface area contributed by atoms with Crippen LogP contribution in [0, 0.1) is 0 Å². The molecule has 2 unspecified atom stereocenters. The molecule has 0 N–H and O–H groups in total. The van der Waals surface area contributed by atoms with Crippen LogP contribution < -0.4 is 0 Å². The highest BCUT2D eigenvalue weighted by molar-refractivity contribution is 7.44. The van der Waals surface area contributed by atoms with E-state index in [1.807, 2.05) is 0 Å². The average molecular weight is 126 g/mol. The Kier molecular flexibility index (Phi) is 3.92. The molecule has 6 heavy (non-hydrogen) atoms. The lowest BCUT2D eigenvalue weighted by Gasteiger charge is -1.81. The zero-order valence-corrected chi connectivity index (χ0v) is 5.86. The van der Waals surface area contributed by atoms with Gasteiger partial charge in [0.05, 0.1) is 22.3 Å². The van der Waals surface area contributed by atoms with Gasteiger partial charge in [-0.3, -0.25) is 0 Å². The van der Waals surface area contributed by atoms with E-state index in [9.17, 15) is 9.13 Å². The average Bonchev–Trinajstić information content (AvgIpc) is 1.65. The summed E-state index contributed by atoms with van der Waals surface area (Å²) < 4.78 is 19.5. The van der Waals surface area contributed by atoms with Crippen molar-refractivity contribution in [2.45, 2.75) is 12.3 Å². The molecule has 0 aromatic carbocycles. The Bertz CT molecular complexity index is 54.6. The van der Waals surface area contributed by atoms with Gasteiger partial charge in [-0.05, 0) is 6.92 Å². The topological polar surface area (TPSA) is 34.1 Å². The molecule has 0 aromatic heterocycles. The van der Waals surface area contributed by atoms with Crippen molar-refractivity contribution in [1.82, 2.24) is 0 Å². The summed E-state index contributed by atoms with van der Waals surface area (Å²) in [4.78, 5) is 0. The highest BCUT2D eigenvalue weighted by atomic mass is 31.1. The van der Waals surface area contributed by atoms with Crippen LogP contribution in [-0.2, 0) is 9.13 Å². The van der Waals surface area contributed by atoms with Gasteiger partial charge >= 0.3 is 0 Å². The predicted octanol–water partition coefficient (Wildman–Crippen LogP) is 0.845. The first-order valence-corrected chi connectivity index (χ1v) is 3.99. The second kappa shape index (κ2) is 3.64. The standard InChI is InChI=1S/C2H8O2P2/c1-2(5-3)6-4/h2H,5-6H2,1H3. The number of rotatable bonds is 2. The lowest BCUT2D eigenvalue weighted by Crippen LogP contribution is -1.66. The first kappa shape index (κ1) is 6.46. The highest BCUT2D eigenvalue weighted by Crippen LogP contribution is 2.16. The summed E-state index contributed by atoms with van der Waals surface area (Å²) in [6.45, 7) is 1.73. The molecule has 0 bridgehead atoms. The van der Waals surface area contributed by atoms with E-state index in [1.54, 1.807) is 6.92 Å². The molecule has 0 fully saturated rings. The Balaban J connectivity index is 3.21. The maximum atomic E-state index is 9.77. The van der Waals surface area contributed by atoms with Gasteiger partial charge in [-0.15, -0.1) is 0 Å². The fourth-order valence-electron chi connectivity index (χ4n) is 0.0321. The SMILES string of the molecule is CC([PH2]=O)[PH2]=O. The Morgan fingerprint density at radius 1 is 1.33 bits per heavy atom. The summed E-state index contributed by atoms with van der Waals surface area (Å²) in [5.41, 5.74) is 0. The zero-order chi connectivity index (χ0) is 4.99. The molecule has 0 heterocycles. The monoisotopic (exact) mass is 126 g/mol. The molecule has 0 rings (SSSR count). The Labute approximate surface area is 39.3 Å². The lowest BCUT2D eigenvalue weighted by molar-refractivity contribution is 0.589. The van der Waals surface area contributed by atoms with Crippen molar-refractivity contribution < 1.29 is 9.13 Å². The highest BCUT2D eigenvalue weighted by Gasteiger charge is 1.86. The van der Waals surface area contributed by atoms with E-state index < -0.39 is 16.9 Å². The molecule has 0 saturated carbocycles. The Morgan fingerprint density at radius 3 is 1.67 bits per heavy atom. The van der Waals surface area contributed by atoms with Crippen LogP contribution in [0.15, 0.2) is 0 Å². The van der Waals surface area contributed by atoms with E-state index in [2.05, 4.69) is 0 Å². The maximum absolute atomic E-state index is 9.77. The molecule has 0 aliphatic rings. The van der Waals surface area contributed by atoms with Gasteiger partial charge < -0.3 is 9.13 Å². The predicted molar refractivity (Wildman–Crippen MR) is 30.3 cm³/mol. The molecule has 0 radical (unpaired) electrons. The van der Waals surface area contributed by atoms with Crippen molar-refractivity contribution in [3.05, 3.63) is 0 Å². The van der Waals surface area contributed by atoms with Crippen molar-refractivity contribution in [3.8, 4) is 0 Å². The summed E-state index contributed by atoms with van der Waals surface area (Å²) in [5, 5.41) is -0.00926. The van der Waals surface area contributed by atoms with E-state index in [4.69, 9.17) is 0 Å². The van der Waals surface area contributed by atoms with Crippen molar-refractivity contribution in [1.29, 1.82) is 0 Å². The van der Waals surface area contributed by atoms with Crippen LogP contribution in [0.25, 0.3) is 0 Å². The van der Waals surface area contributed by atoms with Gasteiger partial charge in [0.1, 0.15) is 0 Å². The van der Waals surface area contributed by atoms with Crippen LogP contribution in [-0.4, -0.2) is 5.40 Å². The van der Waals surface area contributed by atoms with Gasteiger partial charge in [-0.25, -0.2) is 0 Å². The van der Waals surface area contributed by atoms with E-state index in [-0.39, 0.29) is 5.40 Å². The van der Waals surface area contributed by atoms with Crippen molar-refractivity contribution in [3.63, 3.8) is 0 Å². The minimum atomic E-state index is -0.791. The molecule has 2 atom stereocenters. The third-order valence-electron chi connectivity index (χ3n) is 0.429. The van der Waals surface area contributed by atoms with E-state index in [0.29, 0.717) is 0 Å². The minimum absolute atomic E-state index is 0.00926. The van der Waals surface area contributed by atoms with Crippen LogP contribution in [0.3, 0.4) is 0 Å². The molecule has 0 spiro atoms. The summed E-state index contributed by atoms with van der Waals surface area (Å²) >= 11 is 0. The van der Waals surface area contributed by atoms with Gasteiger partial charge in [0.2, 0.25) is 0 Å². The maximum Gasteiger partial charge on any atom is 0.0737 e. The van der Waals surface area contributed by atoms with E-state index in [0.717, 1.165) is 0 Å². The van der Waals surface area contributed by atoms with Gasteiger partial charge in [0.25, 0.3) is 0 Å². The summed E-state index contributed by atoms with van der Waals surface area (Å²) in [5.74, 6) is 0. The van der Waals surface area contributed by atoms with Crippen molar-refractivity contribution in [2.75, 3.05) is 0 Å². The quantitative estimate of drug-likeness (QED) is 0.514. The molecular weight excluding hydrogens is 118 g/mol. The second-order valence-corrected chi connectivity index (χ2v) is 4.55. The van der Waals surface area contributed by atoms with Crippen LogP contribution >= 0.6 is 16.9 Å². The van der Waals surface area contributed by atoms with E-state index >= 15 is 0 Å². The summed E-state index contributed by atoms with van der Waals surface area (Å²) in [6.07, 6.45) is 0. The van der Waals surface area contributed by atoms with Gasteiger partial charge in [0, 0.05) is 0 Å². The first-order chi connectivity index (χ1) is 2.81. The number of hydrogen-bond acceptors (Lipinski definition) is 2. The molecule has 0 aliphatic heterocycles. The molecule has 4 heteroatoms. The molecule has 38 valence electrons. The van der Waals surface area contributed by atoms with E-state index in [1.165, 1.54) is 0 Å².